The van der Waals surface area contributed by atoms with Crippen molar-refractivity contribution in [3.05, 3.63) is 59.7 Å². The Morgan fingerprint density at radius 3 is 2.45 bits per heavy atom. The first-order valence-corrected chi connectivity index (χ1v) is 9.35. The van der Waals surface area contributed by atoms with Gasteiger partial charge in [-0.25, -0.2) is 4.39 Å². The SMILES string of the molecule is CC1=NN(c2ccc(OC(F)F)cc2)C(=O)C1C(=O)Nc1cccc(C(F)=C(C)C)c1. The van der Waals surface area contributed by atoms with Gasteiger partial charge in [-0.15, -0.1) is 0 Å². The lowest BCUT2D eigenvalue weighted by molar-refractivity contribution is -0.127. The number of nitrogens with zero attached hydrogens (tertiary/aromatic N) is 2. The van der Waals surface area contributed by atoms with Crippen LogP contribution in [0.5, 0.6) is 5.75 Å². The summed E-state index contributed by atoms with van der Waals surface area (Å²) in [6.07, 6.45) is 0. The molecule has 0 aliphatic carbocycles. The van der Waals surface area contributed by atoms with Crippen molar-refractivity contribution in [1.82, 2.24) is 0 Å². The molecular formula is C22H20F3N3O3. The number of amides is 2. The van der Waals surface area contributed by atoms with Crippen LogP contribution in [0.25, 0.3) is 5.83 Å². The molecule has 162 valence electrons. The first-order valence-electron chi connectivity index (χ1n) is 9.35. The van der Waals surface area contributed by atoms with Crippen LogP contribution in [0.2, 0.25) is 0 Å². The lowest BCUT2D eigenvalue weighted by atomic mass is 10.0. The molecule has 31 heavy (non-hydrogen) atoms. The normalized spacial score (nSPS) is 15.7. The van der Waals surface area contributed by atoms with Gasteiger partial charge in [-0.1, -0.05) is 12.1 Å². The largest absolute Gasteiger partial charge is 0.435 e. The molecular weight excluding hydrogens is 411 g/mol. The number of alkyl halides is 2. The van der Waals surface area contributed by atoms with Crippen molar-refractivity contribution in [1.29, 1.82) is 0 Å². The monoisotopic (exact) mass is 431 g/mol. The molecule has 0 saturated carbocycles. The third kappa shape index (κ3) is 4.93. The van der Waals surface area contributed by atoms with Gasteiger partial charge in [0.05, 0.1) is 11.4 Å². The van der Waals surface area contributed by atoms with Gasteiger partial charge in [0.1, 0.15) is 11.6 Å². The molecule has 0 bridgehead atoms. The van der Waals surface area contributed by atoms with Crippen molar-refractivity contribution in [3.63, 3.8) is 0 Å². The third-order valence-electron chi connectivity index (χ3n) is 4.52. The van der Waals surface area contributed by atoms with Crippen LogP contribution in [-0.2, 0) is 9.59 Å². The fourth-order valence-corrected chi connectivity index (χ4v) is 3.06. The molecule has 2 amide bonds. The zero-order chi connectivity index (χ0) is 22.7. The highest BCUT2D eigenvalue weighted by atomic mass is 19.3. The number of allylic oxidation sites excluding steroid dienone is 1. The summed E-state index contributed by atoms with van der Waals surface area (Å²) >= 11 is 0. The van der Waals surface area contributed by atoms with E-state index in [2.05, 4.69) is 15.2 Å². The van der Waals surface area contributed by atoms with E-state index in [4.69, 9.17) is 0 Å². The maximum Gasteiger partial charge on any atom is 0.387 e. The predicted molar refractivity (Wildman–Crippen MR) is 112 cm³/mol. The van der Waals surface area contributed by atoms with Crippen LogP contribution in [0.4, 0.5) is 24.5 Å². The number of anilines is 2. The molecule has 0 saturated heterocycles. The van der Waals surface area contributed by atoms with E-state index in [1.165, 1.54) is 37.3 Å². The van der Waals surface area contributed by atoms with Crippen LogP contribution in [0.15, 0.2) is 59.2 Å². The van der Waals surface area contributed by atoms with Gasteiger partial charge in [-0.05, 0) is 62.7 Å². The third-order valence-corrected chi connectivity index (χ3v) is 4.52. The van der Waals surface area contributed by atoms with Crippen molar-refractivity contribution in [2.24, 2.45) is 11.0 Å². The van der Waals surface area contributed by atoms with Gasteiger partial charge in [0, 0.05) is 11.3 Å². The Bertz CT molecular complexity index is 1060. The van der Waals surface area contributed by atoms with E-state index in [-0.39, 0.29) is 11.5 Å². The van der Waals surface area contributed by atoms with Gasteiger partial charge in [0.15, 0.2) is 5.92 Å². The van der Waals surface area contributed by atoms with Crippen molar-refractivity contribution < 1.29 is 27.5 Å². The summed E-state index contributed by atoms with van der Waals surface area (Å²) in [7, 11) is 0. The molecule has 1 aliphatic rings. The second kappa shape index (κ2) is 9.03. The lowest BCUT2D eigenvalue weighted by Gasteiger charge is -2.15. The Hall–Kier alpha value is -3.62. The van der Waals surface area contributed by atoms with E-state index in [0.29, 0.717) is 22.5 Å². The van der Waals surface area contributed by atoms with Crippen molar-refractivity contribution >= 4 is 34.7 Å². The molecule has 0 spiro atoms. The molecule has 2 aromatic carbocycles. The number of carbonyl (C=O) groups is 2. The standard InChI is InChI=1S/C22H20F3N3O3/c1-12(2)19(23)14-5-4-6-15(11-14)26-20(29)18-13(3)27-28(21(18)30)16-7-9-17(10-8-16)31-22(24)25/h4-11,18,22H,1-3H3,(H,26,29). The van der Waals surface area contributed by atoms with Gasteiger partial charge in [0.2, 0.25) is 5.91 Å². The highest BCUT2D eigenvalue weighted by Crippen LogP contribution is 2.28. The summed E-state index contributed by atoms with van der Waals surface area (Å²) in [5.41, 5.74) is 1.72. The van der Waals surface area contributed by atoms with Crippen LogP contribution in [0, 0.1) is 5.92 Å². The minimum atomic E-state index is -2.96. The summed E-state index contributed by atoms with van der Waals surface area (Å²) in [4.78, 5) is 25.6. The number of benzene rings is 2. The van der Waals surface area contributed by atoms with Crippen LogP contribution < -0.4 is 15.1 Å². The molecule has 0 fully saturated rings. The van der Waals surface area contributed by atoms with E-state index < -0.39 is 30.2 Å². The lowest BCUT2D eigenvalue weighted by Crippen LogP contribution is -2.36. The van der Waals surface area contributed by atoms with Crippen LogP contribution in [0.1, 0.15) is 26.3 Å². The Morgan fingerprint density at radius 2 is 1.84 bits per heavy atom. The number of hydrazone groups is 1. The minimum Gasteiger partial charge on any atom is -0.435 e. The molecule has 1 atom stereocenters. The zero-order valence-electron chi connectivity index (χ0n) is 17.0. The van der Waals surface area contributed by atoms with Gasteiger partial charge in [-0.2, -0.15) is 18.9 Å². The van der Waals surface area contributed by atoms with E-state index >= 15 is 0 Å². The molecule has 6 nitrogen and oxygen atoms in total. The van der Waals surface area contributed by atoms with E-state index in [0.717, 1.165) is 5.01 Å². The number of hydrogen-bond donors (Lipinski definition) is 1. The average Bonchev–Trinajstić information content (AvgIpc) is 3.01. The Kier molecular flexibility index (Phi) is 6.43. The van der Waals surface area contributed by atoms with Gasteiger partial charge in [0.25, 0.3) is 5.91 Å². The maximum absolute atomic E-state index is 14.2. The summed E-state index contributed by atoms with van der Waals surface area (Å²) < 4.78 is 43.0. The molecule has 0 aromatic heterocycles. The molecule has 1 aliphatic heterocycles. The Labute approximate surface area is 177 Å². The van der Waals surface area contributed by atoms with Crippen molar-refractivity contribution in [2.45, 2.75) is 27.4 Å². The molecule has 2 aromatic rings. The van der Waals surface area contributed by atoms with Crippen LogP contribution in [0.3, 0.4) is 0 Å². The summed E-state index contributed by atoms with van der Waals surface area (Å²) in [6.45, 7) is 1.85. The molecule has 9 heteroatoms. The van der Waals surface area contributed by atoms with Gasteiger partial charge in [-0.3, -0.25) is 9.59 Å². The molecule has 1 N–H and O–H groups in total. The molecule has 1 unspecified atom stereocenters. The molecule has 1 heterocycles. The quantitative estimate of drug-likeness (QED) is 0.656. The second-order valence-electron chi connectivity index (χ2n) is 7.08. The minimum absolute atomic E-state index is 0.0659. The number of halogens is 3. The highest BCUT2D eigenvalue weighted by Gasteiger charge is 2.39. The van der Waals surface area contributed by atoms with Crippen LogP contribution >= 0.6 is 0 Å². The van der Waals surface area contributed by atoms with Crippen molar-refractivity contribution in [2.75, 3.05) is 10.3 Å². The molecule has 3 rings (SSSR count). The van der Waals surface area contributed by atoms with E-state index in [1.54, 1.807) is 32.0 Å². The number of nitrogens with one attached hydrogen (secondary N) is 1. The zero-order valence-corrected chi connectivity index (χ0v) is 17.0. The van der Waals surface area contributed by atoms with E-state index in [9.17, 15) is 22.8 Å². The van der Waals surface area contributed by atoms with Crippen molar-refractivity contribution in [3.8, 4) is 5.75 Å². The van der Waals surface area contributed by atoms with Gasteiger partial charge < -0.3 is 10.1 Å². The Balaban J connectivity index is 1.75. The first kappa shape index (κ1) is 22.1. The maximum atomic E-state index is 14.2. The average molecular weight is 431 g/mol. The summed E-state index contributed by atoms with van der Waals surface area (Å²) in [6, 6.07) is 11.6. The number of ether oxygens (including phenoxy) is 1. The van der Waals surface area contributed by atoms with Crippen LogP contribution in [-0.4, -0.2) is 24.1 Å². The number of rotatable bonds is 6. The summed E-state index contributed by atoms with van der Waals surface area (Å²) in [5, 5.41) is 7.78. The van der Waals surface area contributed by atoms with E-state index in [1.807, 2.05) is 0 Å². The van der Waals surface area contributed by atoms with Gasteiger partial charge >= 0.3 is 6.61 Å². The molecule has 0 radical (unpaired) electrons. The predicted octanol–water partition coefficient (Wildman–Crippen LogP) is 4.99. The summed E-state index contributed by atoms with van der Waals surface area (Å²) in [5.74, 6) is -2.83. The topological polar surface area (TPSA) is 71.0 Å². The fourth-order valence-electron chi connectivity index (χ4n) is 3.06. The smallest absolute Gasteiger partial charge is 0.387 e. The Morgan fingerprint density at radius 1 is 1.16 bits per heavy atom. The highest BCUT2D eigenvalue weighted by molar-refractivity contribution is 6.28. The fraction of sp³-hybridized carbons (Fsp3) is 0.227. The second-order valence-corrected chi connectivity index (χ2v) is 7.08. The number of hydrogen-bond acceptors (Lipinski definition) is 4. The first-order chi connectivity index (χ1) is 14.7. The number of carbonyl (C=O) groups excluding carboxylic acids is 2.